The minimum absolute atomic E-state index is 0.195. The van der Waals surface area contributed by atoms with Crippen LogP contribution in [0.2, 0.25) is 0 Å². The minimum Gasteiger partial charge on any atom is -0.278 e. The van der Waals surface area contributed by atoms with Crippen LogP contribution in [0, 0.1) is 0 Å². The van der Waals surface area contributed by atoms with Gasteiger partial charge in [0.05, 0.1) is 16.8 Å². The zero-order valence-electron chi connectivity index (χ0n) is 14.0. The quantitative estimate of drug-likeness (QED) is 0.552. The van der Waals surface area contributed by atoms with Gasteiger partial charge in [-0.2, -0.15) is 0 Å². The van der Waals surface area contributed by atoms with Crippen LogP contribution in [-0.4, -0.2) is 23.0 Å². The lowest BCUT2D eigenvalue weighted by atomic mass is 10.0. The van der Waals surface area contributed by atoms with Crippen LogP contribution in [0.3, 0.4) is 0 Å². The number of anilines is 1. The van der Waals surface area contributed by atoms with E-state index in [4.69, 9.17) is 0 Å². The molecule has 8 heteroatoms. The molecule has 0 unspecified atom stereocenters. The molecule has 0 atom stereocenters. The minimum atomic E-state index is -3.65. The Morgan fingerprint density at radius 2 is 1.52 bits per heavy atom. The molecule has 2 heterocycles. The zero-order chi connectivity index (χ0) is 18.7. The maximum atomic E-state index is 12.5. The second kappa shape index (κ2) is 7.26. The fourth-order valence-corrected chi connectivity index (χ4v) is 4.10. The number of benzene rings is 2. The van der Waals surface area contributed by atoms with Crippen molar-refractivity contribution in [1.29, 1.82) is 0 Å². The van der Waals surface area contributed by atoms with Crippen molar-refractivity contribution in [1.82, 2.24) is 14.6 Å². The Kier molecular flexibility index (Phi) is 4.66. The number of sulfonamides is 1. The van der Waals surface area contributed by atoms with Gasteiger partial charge in [0, 0.05) is 17.1 Å². The molecule has 0 saturated carbocycles. The number of hydrogen-bond donors (Lipinski definition) is 1. The van der Waals surface area contributed by atoms with Gasteiger partial charge in [-0.25, -0.2) is 8.42 Å². The first-order valence-corrected chi connectivity index (χ1v) is 10.3. The molecule has 27 heavy (non-hydrogen) atoms. The summed E-state index contributed by atoms with van der Waals surface area (Å²) in [5.41, 5.74) is 4.18. The number of nitrogens with one attached hydrogen (secondary N) is 1. The van der Waals surface area contributed by atoms with Gasteiger partial charge in [-0.1, -0.05) is 40.9 Å². The van der Waals surface area contributed by atoms with Crippen LogP contribution in [0.1, 0.15) is 0 Å². The average Bonchev–Trinajstić information content (AvgIpc) is 3.24. The van der Waals surface area contributed by atoms with Gasteiger partial charge >= 0.3 is 0 Å². The highest BCUT2D eigenvalue weighted by atomic mass is 32.2. The third-order valence-electron chi connectivity index (χ3n) is 3.95. The maximum Gasteiger partial charge on any atom is 0.261 e. The molecule has 4 rings (SSSR count). The highest BCUT2D eigenvalue weighted by Gasteiger charge is 2.14. The molecule has 0 aliphatic carbocycles. The van der Waals surface area contributed by atoms with E-state index in [0.717, 1.165) is 22.4 Å². The third kappa shape index (κ3) is 3.86. The van der Waals surface area contributed by atoms with Crippen molar-refractivity contribution >= 4 is 27.2 Å². The first kappa shape index (κ1) is 17.3. The molecule has 2 aromatic carbocycles. The Morgan fingerprint density at radius 3 is 2.11 bits per heavy atom. The van der Waals surface area contributed by atoms with Crippen LogP contribution in [-0.2, 0) is 10.0 Å². The van der Waals surface area contributed by atoms with Crippen LogP contribution < -0.4 is 4.72 Å². The maximum absolute atomic E-state index is 12.5. The summed E-state index contributed by atoms with van der Waals surface area (Å²) < 4.78 is 31.3. The predicted molar refractivity (Wildman–Crippen MR) is 106 cm³/mol. The summed E-state index contributed by atoms with van der Waals surface area (Å²) in [5, 5.41) is 5.95. The predicted octanol–water partition coefficient (Wildman–Crippen LogP) is 4.07. The van der Waals surface area contributed by atoms with E-state index >= 15 is 0 Å². The molecule has 0 aliphatic heterocycles. The highest BCUT2D eigenvalue weighted by molar-refractivity contribution is 7.92. The third-order valence-corrected chi connectivity index (χ3v) is 5.85. The van der Waals surface area contributed by atoms with Gasteiger partial charge in [0.15, 0.2) is 0 Å². The fraction of sp³-hybridized carbons (Fsp3) is 0. The van der Waals surface area contributed by atoms with Crippen molar-refractivity contribution in [2.24, 2.45) is 0 Å². The van der Waals surface area contributed by atoms with E-state index in [1.807, 2.05) is 29.6 Å². The number of nitrogens with zero attached hydrogens (tertiary/aromatic N) is 3. The van der Waals surface area contributed by atoms with Gasteiger partial charge in [-0.15, -0.1) is 5.10 Å². The molecule has 0 spiro atoms. The lowest BCUT2D eigenvalue weighted by molar-refractivity contribution is 0.601. The zero-order valence-corrected chi connectivity index (χ0v) is 15.6. The first-order chi connectivity index (χ1) is 13.1. The Balaban J connectivity index is 1.55. The number of rotatable bonds is 5. The molecule has 0 amide bonds. The van der Waals surface area contributed by atoms with E-state index in [2.05, 4.69) is 19.3 Å². The Labute approximate surface area is 160 Å². The molecule has 134 valence electrons. The summed E-state index contributed by atoms with van der Waals surface area (Å²) >= 11 is 1.31. The Morgan fingerprint density at radius 1 is 0.852 bits per heavy atom. The first-order valence-electron chi connectivity index (χ1n) is 8.03. The van der Waals surface area contributed by atoms with Crippen LogP contribution >= 0.6 is 11.5 Å². The van der Waals surface area contributed by atoms with Crippen LogP contribution in [0.15, 0.2) is 83.3 Å². The largest absolute Gasteiger partial charge is 0.278 e. The van der Waals surface area contributed by atoms with Crippen molar-refractivity contribution in [2.45, 2.75) is 4.90 Å². The molecule has 0 saturated heterocycles. The molecule has 0 radical (unpaired) electrons. The SMILES string of the molecule is O=S(=O)(Nc1cccnc1)c1ccc(-c2ccc(-c3csnn3)cc2)cc1. The van der Waals surface area contributed by atoms with Crippen molar-refractivity contribution in [3.05, 3.63) is 78.4 Å². The van der Waals surface area contributed by atoms with E-state index in [1.54, 1.807) is 42.6 Å². The van der Waals surface area contributed by atoms with Gasteiger partial charge in [-0.05, 0) is 46.9 Å². The lowest BCUT2D eigenvalue weighted by Gasteiger charge is -2.09. The molecule has 4 aromatic rings. The second-order valence-electron chi connectivity index (χ2n) is 5.74. The van der Waals surface area contributed by atoms with Crippen molar-refractivity contribution in [3.8, 4) is 22.4 Å². The lowest BCUT2D eigenvalue weighted by Crippen LogP contribution is -2.12. The molecule has 1 N–H and O–H groups in total. The van der Waals surface area contributed by atoms with E-state index in [1.165, 1.54) is 17.7 Å². The second-order valence-corrected chi connectivity index (χ2v) is 8.03. The van der Waals surface area contributed by atoms with Gasteiger partial charge in [0.1, 0.15) is 5.69 Å². The molecule has 0 aliphatic rings. The topological polar surface area (TPSA) is 84.8 Å². The number of hydrogen-bond acceptors (Lipinski definition) is 6. The summed E-state index contributed by atoms with van der Waals surface area (Å²) in [6.45, 7) is 0. The summed E-state index contributed by atoms with van der Waals surface area (Å²) in [7, 11) is -3.65. The molecule has 2 aromatic heterocycles. The standard InChI is InChI=1S/C19H14N4O2S2/c24-27(25,22-17-2-1-11-20-12-17)18-9-7-15(8-10-18)14-3-5-16(6-4-14)19-13-26-23-21-19/h1-13,22H. The molecule has 6 nitrogen and oxygen atoms in total. The molecular formula is C19H14N4O2S2. The Hall–Kier alpha value is -3.10. The highest BCUT2D eigenvalue weighted by Crippen LogP contribution is 2.25. The monoisotopic (exact) mass is 394 g/mol. The summed E-state index contributed by atoms with van der Waals surface area (Å²) in [6.07, 6.45) is 3.05. The van der Waals surface area contributed by atoms with Crippen LogP contribution in [0.4, 0.5) is 5.69 Å². The summed E-state index contributed by atoms with van der Waals surface area (Å²) in [4.78, 5) is 4.10. The molecular weight excluding hydrogens is 380 g/mol. The van der Waals surface area contributed by atoms with E-state index in [-0.39, 0.29) is 4.90 Å². The molecule has 0 bridgehead atoms. The van der Waals surface area contributed by atoms with Crippen LogP contribution in [0.5, 0.6) is 0 Å². The number of pyridine rings is 1. The average molecular weight is 394 g/mol. The normalized spacial score (nSPS) is 11.3. The fourth-order valence-electron chi connectivity index (χ4n) is 2.59. The molecule has 0 fully saturated rings. The smallest absolute Gasteiger partial charge is 0.261 e. The van der Waals surface area contributed by atoms with Crippen molar-refractivity contribution in [3.63, 3.8) is 0 Å². The summed E-state index contributed by atoms with van der Waals surface area (Å²) in [6, 6.07) is 18.0. The van der Waals surface area contributed by atoms with Gasteiger partial charge in [-0.3, -0.25) is 9.71 Å². The van der Waals surface area contributed by atoms with Gasteiger partial charge in [0.25, 0.3) is 10.0 Å². The van der Waals surface area contributed by atoms with E-state index in [9.17, 15) is 8.42 Å². The van der Waals surface area contributed by atoms with Crippen molar-refractivity contribution in [2.75, 3.05) is 4.72 Å². The van der Waals surface area contributed by atoms with E-state index < -0.39 is 10.0 Å². The van der Waals surface area contributed by atoms with Gasteiger partial charge in [0.2, 0.25) is 0 Å². The summed E-state index contributed by atoms with van der Waals surface area (Å²) in [5.74, 6) is 0. The van der Waals surface area contributed by atoms with Crippen LogP contribution in [0.25, 0.3) is 22.4 Å². The van der Waals surface area contributed by atoms with E-state index in [0.29, 0.717) is 5.69 Å². The van der Waals surface area contributed by atoms with Crippen molar-refractivity contribution < 1.29 is 8.42 Å². The van der Waals surface area contributed by atoms with Gasteiger partial charge < -0.3 is 0 Å². The Bertz CT molecular complexity index is 1130. The number of aromatic nitrogens is 3.